The van der Waals surface area contributed by atoms with Crippen molar-refractivity contribution < 1.29 is 9.53 Å². The molecule has 3 heterocycles. The molecule has 1 atom stereocenters. The summed E-state index contributed by atoms with van der Waals surface area (Å²) in [5.41, 5.74) is 1.21. The molecule has 0 saturated carbocycles. The number of H-pyrrole nitrogens is 1. The van der Waals surface area contributed by atoms with Crippen molar-refractivity contribution in [2.75, 3.05) is 19.7 Å². The van der Waals surface area contributed by atoms with Crippen LogP contribution >= 0.6 is 11.3 Å². The van der Waals surface area contributed by atoms with Gasteiger partial charge in [-0.1, -0.05) is 0 Å². The Kier molecular flexibility index (Phi) is 5.09. The number of nitrogens with one attached hydrogen (secondary N) is 1. The van der Waals surface area contributed by atoms with Crippen molar-refractivity contribution in [1.82, 2.24) is 14.9 Å². The molecule has 1 aliphatic carbocycles. The van der Waals surface area contributed by atoms with Crippen LogP contribution < -0.4 is 5.56 Å². The Labute approximate surface area is 156 Å². The molecule has 140 valence electrons. The van der Waals surface area contributed by atoms with E-state index in [0.717, 1.165) is 48.9 Å². The van der Waals surface area contributed by atoms with Crippen molar-refractivity contribution in [1.29, 1.82) is 0 Å². The summed E-state index contributed by atoms with van der Waals surface area (Å²) in [6, 6.07) is 0. The summed E-state index contributed by atoms with van der Waals surface area (Å²) in [5, 5.41) is 0.802. The van der Waals surface area contributed by atoms with Crippen LogP contribution in [0.2, 0.25) is 0 Å². The number of aromatic nitrogens is 2. The van der Waals surface area contributed by atoms with Gasteiger partial charge in [0.1, 0.15) is 10.7 Å². The Morgan fingerprint density at radius 1 is 1.35 bits per heavy atom. The first-order valence-corrected chi connectivity index (χ1v) is 10.4. The van der Waals surface area contributed by atoms with E-state index in [1.807, 2.05) is 6.92 Å². The number of piperidine rings is 1. The molecule has 0 radical (unpaired) electrons. The standard InChI is InChI=1S/C19H25N3O3S/c1-2-25-19(24)12-6-5-9-22(10-12)11-15-20-17(23)16-13-7-3-4-8-14(13)26-18(16)21-15/h12H,2-11H2,1H3,(H,20,21,23)/t12-/m0/s1. The largest absolute Gasteiger partial charge is 0.466 e. The van der Waals surface area contributed by atoms with Gasteiger partial charge in [-0.3, -0.25) is 14.5 Å². The van der Waals surface area contributed by atoms with Gasteiger partial charge in [0, 0.05) is 11.4 Å². The number of aromatic amines is 1. The van der Waals surface area contributed by atoms with E-state index in [0.29, 0.717) is 25.5 Å². The van der Waals surface area contributed by atoms with Gasteiger partial charge in [-0.05, 0) is 57.6 Å². The predicted octanol–water partition coefficient (Wildman–Crippen LogP) is 2.64. The second-order valence-corrected chi connectivity index (χ2v) is 8.31. The number of thiophene rings is 1. The minimum absolute atomic E-state index is 0.0108. The van der Waals surface area contributed by atoms with Gasteiger partial charge >= 0.3 is 5.97 Å². The van der Waals surface area contributed by atoms with Crippen LogP contribution in [0.1, 0.15) is 48.9 Å². The Morgan fingerprint density at radius 2 is 2.19 bits per heavy atom. The maximum atomic E-state index is 12.7. The number of ether oxygens (including phenoxy) is 1. The number of esters is 1. The summed E-state index contributed by atoms with van der Waals surface area (Å²) in [7, 11) is 0. The highest BCUT2D eigenvalue weighted by molar-refractivity contribution is 7.18. The smallest absolute Gasteiger partial charge is 0.310 e. The highest BCUT2D eigenvalue weighted by Crippen LogP contribution is 2.33. The molecule has 1 saturated heterocycles. The molecule has 0 amide bonds. The third-order valence-corrected chi connectivity index (χ3v) is 6.56. The van der Waals surface area contributed by atoms with Gasteiger partial charge in [0.25, 0.3) is 5.56 Å². The molecule has 2 aliphatic rings. The fourth-order valence-electron chi connectivity index (χ4n) is 4.15. The molecule has 4 rings (SSSR count). The average molecular weight is 375 g/mol. The van der Waals surface area contributed by atoms with Crippen molar-refractivity contribution in [3.8, 4) is 0 Å². The Morgan fingerprint density at radius 3 is 3.04 bits per heavy atom. The second-order valence-electron chi connectivity index (χ2n) is 7.23. The Hall–Kier alpha value is -1.73. The Balaban J connectivity index is 1.54. The normalized spacial score (nSPS) is 20.9. The van der Waals surface area contributed by atoms with Gasteiger partial charge in [-0.25, -0.2) is 4.98 Å². The maximum absolute atomic E-state index is 12.7. The molecule has 7 heteroatoms. The highest BCUT2D eigenvalue weighted by Gasteiger charge is 2.27. The number of fused-ring (bicyclic) bond motifs is 3. The number of likely N-dealkylation sites (tertiary alicyclic amines) is 1. The number of hydrogen-bond acceptors (Lipinski definition) is 6. The van der Waals surface area contributed by atoms with E-state index in [-0.39, 0.29) is 17.4 Å². The van der Waals surface area contributed by atoms with E-state index >= 15 is 0 Å². The highest BCUT2D eigenvalue weighted by atomic mass is 32.1. The van der Waals surface area contributed by atoms with Gasteiger partial charge in [-0.2, -0.15) is 0 Å². The van der Waals surface area contributed by atoms with Gasteiger partial charge in [0.05, 0.1) is 24.5 Å². The van der Waals surface area contributed by atoms with Crippen molar-refractivity contribution in [3.63, 3.8) is 0 Å². The zero-order valence-electron chi connectivity index (χ0n) is 15.2. The lowest BCUT2D eigenvalue weighted by Gasteiger charge is -2.30. The fraction of sp³-hybridized carbons (Fsp3) is 0.632. The quantitative estimate of drug-likeness (QED) is 0.832. The van der Waals surface area contributed by atoms with E-state index in [2.05, 4.69) is 9.88 Å². The van der Waals surface area contributed by atoms with Crippen molar-refractivity contribution >= 4 is 27.5 Å². The van der Waals surface area contributed by atoms with Gasteiger partial charge in [0.15, 0.2) is 0 Å². The van der Waals surface area contributed by atoms with Crippen LogP contribution in [0.3, 0.4) is 0 Å². The maximum Gasteiger partial charge on any atom is 0.310 e. The molecule has 2 aromatic heterocycles. The third kappa shape index (κ3) is 3.42. The molecule has 0 spiro atoms. The summed E-state index contributed by atoms with van der Waals surface area (Å²) in [5.74, 6) is 0.513. The minimum Gasteiger partial charge on any atom is -0.466 e. The molecule has 1 aliphatic heterocycles. The van der Waals surface area contributed by atoms with Crippen LogP contribution in [0.15, 0.2) is 4.79 Å². The lowest BCUT2D eigenvalue weighted by Crippen LogP contribution is -2.39. The first-order chi connectivity index (χ1) is 12.7. The first kappa shape index (κ1) is 17.7. The predicted molar refractivity (Wildman–Crippen MR) is 102 cm³/mol. The zero-order chi connectivity index (χ0) is 18.1. The summed E-state index contributed by atoms with van der Waals surface area (Å²) in [6.07, 6.45) is 6.25. The molecule has 6 nitrogen and oxygen atoms in total. The monoisotopic (exact) mass is 375 g/mol. The molecular weight excluding hydrogens is 350 g/mol. The van der Waals surface area contributed by atoms with E-state index in [4.69, 9.17) is 9.72 Å². The van der Waals surface area contributed by atoms with Crippen LogP contribution in [0, 0.1) is 5.92 Å². The molecule has 0 unspecified atom stereocenters. The topological polar surface area (TPSA) is 75.3 Å². The molecule has 2 aromatic rings. The summed E-state index contributed by atoms with van der Waals surface area (Å²) in [6.45, 7) is 4.41. The average Bonchev–Trinajstić information content (AvgIpc) is 3.01. The number of nitrogens with zero attached hydrogens (tertiary/aromatic N) is 2. The zero-order valence-corrected chi connectivity index (χ0v) is 16.0. The molecular formula is C19H25N3O3S. The lowest BCUT2D eigenvalue weighted by atomic mass is 9.97. The van der Waals surface area contributed by atoms with E-state index in [9.17, 15) is 9.59 Å². The molecule has 1 fully saturated rings. The number of hydrogen-bond donors (Lipinski definition) is 1. The summed E-state index contributed by atoms with van der Waals surface area (Å²) < 4.78 is 5.17. The number of rotatable bonds is 4. The summed E-state index contributed by atoms with van der Waals surface area (Å²) in [4.78, 5) is 36.8. The SMILES string of the molecule is CCOC(=O)[C@H]1CCCN(Cc2nc3sc4c(c3c(=O)[nH]2)CCCC4)C1. The number of carbonyl (C=O) groups is 1. The van der Waals surface area contributed by atoms with E-state index in [1.54, 1.807) is 11.3 Å². The second kappa shape index (κ2) is 7.48. The van der Waals surface area contributed by atoms with Crippen molar-refractivity contribution in [2.45, 2.75) is 52.0 Å². The number of aryl methyl sites for hydroxylation is 2. The Bertz CT molecular complexity index is 873. The third-order valence-electron chi connectivity index (χ3n) is 5.37. The number of carbonyl (C=O) groups excluding carboxylic acids is 1. The minimum atomic E-state index is -0.111. The first-order valence-electron chi connectivity index (χ1n) is 9.58. The molecule has 0 bridgehead atoms. The lowest BCUT2D eigenvalue weighted by molar-refractivity contribution is -0.150. The van der Waals surface area contributed by atoms with Crippen LogP contribution in [-0.4, -0.2) is 40.5 Å². The molecule has 1 N–H and O–H groups in total. The molecule has 26 heavy (non-hydrogen) atoms. The van der Waals surface area contributed by atoms with E-state index in [1.165, 1.54) is 16.9 Å². The van der Waals surface area contributed by atoms with Crippen LogP contribution in [0.25, 0.3) is 10.2 Å². The van der Waals surface area contributed by atoms with Crippen molar-refractivity contribution in [2.24, 2.45) is 5.92 Å². The summed E-state index contributed by atoms with van der Waals surface area (Å²) >= 11 is 1.68. The van der Waals surface area contributed by atoms with Gasteiger partial charge in [0.2, 0.25) is 0 Å². The van der Waals surface area contributed by atoms with Gasteiger partial charge in [-0.15, -0.1) is 11.3 Å². The van der Waals surface area contributed by atoms with E-state index < -0.39 is 0 Å². The van der Waals surface area contributed by atoms with Gasteiger partial charge < -0.3 is 9.72 Å². The van der Waals surface area contributed by atoms with Crippen molar-refractivity contribution in [3.05, 3.63) is 26.6 Å². The molecule has 0 aromatic carbocycles. The fourth-order valence-corrected chi connectivity index (χ4v) is 5.43. The van der Waals surface area contributed by atoms with Crippen LogP contribution in [-0.2, 0) is 28.9 Å². The van der Waals surface area contributed by atoms with Crippen LogP contribution in [0.5, 0.6) is 0 Å². The van der Waals surface area contributed by atoms with Crippen LogP contribution in [0.4, 0.5) is 0 Å².